The number of carboxylic acid groups (broad SMARTS) is 1. The Balaban J connectivity index is 2.51. The molecule has 0 aromatic heterocycles. The average molecular weight is 260 g/mol. The minimum Gasteiger partial charge on any atom is -0.478 e. The lowest BCUT2D eigenvalue weighted by Crippen LogP contribution is -1.89. The topological polar surface area (TPSA) is 37.3 Å². The first-order chi connectivity index (χ1) is 9.06. The van der Waals surface area contributed by atoms with Gasteiger partial charge in [-0.3, -0.25) is 0 Å². The molecule has 0 heterocycles. The van der Waals surface area contributed by atoms with Crippen LogP contribution in [-0.4, -0.2) is 11.1 Å². The molecule has 0 saturated heterocycles. The summed E-state index contributed by atoms with van der Waals surface area (Å²) in [5, 5.41) is 8.62. The molecule has 4 heteroatoms. The van der Waals surface area contributed by atoms with Crippen molar-refractivity contribution in [3.8, 4) is 11.1 Å². The summed E-state index contributed by atoms with van der Waals surface area (Å²) in [7, 11) is 0. The van der Waals surface area contributed by atoms with Crippen molar-refractivity contribution in [1.82, 2.24) is 0 Å². The predicted octanol–water partition coefficient (Wildman–Crippen LogP) is 3.73. The van der Waals surface area contributed by atoms with Gasteiger partial charge in [0.2, 0.25) is 0 Å². The van der Waals surface area contributed by atoms with Crippen LogP contribution in [0.3, 0.4) is 0 Å². The summed E-state index contributed by atoms with van der Waals surface area (Å²) in [6, 6.07) is 9.58. The van der Waals surface area contributed by atoms with Crippen molar-refractivity contribution in [3.63, 3.8) is 0 Å². The summed E-state index contributed by atoms with van der Waals surface area (Å²) in [6.07, 6.45) is 2.35. The molecule has 2 nitrogen and oxygen atoms in total. The third-order valence-electron chi connectivity index (χ3n) is 2.58. The highest BCUT2D eigenvalue weighted by atomic mass is 19.1. The summed E-state index contributed by atoms with van der Waals surface area (Å²) in [6.45, 7) is 0. The van der Waals surface area contributed by atoms with E-state index >= 15 is 0 Å². The molecule has 96 valence electrons. The van der Waals surface area contributed by atoms with Gasteiger partial charge in [-0.25, -0.2) is 13.6 Å². The fourth-order valence-corrected chi connectivity index (χ4v) is 1.71. The molecule has 0 fully saturated rings. The molecule has 0 aliphatic carbocycles. The van der Waals surface area contributed by atoms with Gasteiger partial charge in [-0.05, 0) is 47.0 Å². The van der Waals surface area contributed by atoms with Crippen molar-refractivity contribution in [2.75, 3.05) is 0 Å². The van der Waals surface area contributed by atoms with Crippen LogP contribution in [0.4, 0.5) is 8.78 Å². The van der Waals surface area contributed by atoms with Crippen molar-refractivity contribution < 1.29 is 18.7 Å². The summed E-state index contributed by atoms with van der Waals surface area (Å²) in [4.78, 5) is 10.5. The number of halogens is 2. The Morgan fingerprint density at radius 2 is 1.63 bits per heavy atom. The highest BCUT2D eigenvalue weighted by molar-refractivity contribution is 5.87. The summed E-state index contributed by atoms with van der Waals surface area (Å²) in [5.74, 6) is -1.91. The molecule has 0 amide bonds. The molecule has 0 spiro atoms. The molecule has 0 bridgehead atoms. The first-order valence-electron chi connectivity index (χ1n) is 5.53. The van der Waals surface area contributed by atoms with E-state index in [-0.39, 0.29) is 5.82 Å². The second-order valence-corrected chi connectivity index (χ2v) is 3.91. The molecule has 0 aliphatic heterocycles. The number of aliphatic carboxylic acids is 1. The van der Waals surface area contributed by atoms with Gasteiger partial charge in [-0.1, -0.05) is 18.2 Å². The standard InChI is InChI=1S/C15H10F2O2/c16-12-5-1-10(2-6-12)14-9-13(17)7-3-11(14)4-8-15(18)19/h1-9H,(H,18,19). The van der Waals surface area contributed by atoms with Crippen LogP contribution in [0.1, 0.15) is 5.56 Å². The molecule has 2 aromatic carbocycles. The monoisotopic (exact) mass is 260 g/mol. The Bertz CT molecular complexity index is 631. The lowest BCUT2D eigenvalue weighted by molar-refractivity contribution is -0.131. The van der Waals surface area contributed by atoms with Gasteiger partial charge in [0, 0.05) is 6.08 Å². The van der Waals surface area contributed by atoms with Gasteiger partial charge in [-0.15, -0.1) is 0 Å². The first-order valence-corrected chi connectivity index (χ1v) is 5.53. The summed E-state index contributed by atoms with van der Waals surface area (Å²) >= 11 is 0. The number of rotatable bonds is 3. The van der Waals surface area contributed by atoms with Crippen molar-refractivity contribution in [2.24, 2.45) is 0 Å². The van der Waals surface area contributed by atoms with Crippen molar-refractivity contribution in [2.45, 2.75) is 0 Å². The zero-order valence-electron chi connectivity index (χ0n) is 9.81. The van der Waals surface area contributed by atoms with E-state index in [1.807, 2.05) is 0 Å². The van der Waals surface area contributed by atoms with Crippen LogP contribution < -0.4 is 0 Å². The molecule has 0 saturated carbocycles. The highest BCUT2D eigenvalue weighted by Gasteiger charge is 2.05. The molecule has 2 aromatic rings. The smallest absolute Gasteiger partial charge is 0.328 e. The van der Waals surface area contributed by atoms with Crippen LogP contribution in [-0.2, 0) is 4.79 Å². The van der Waals surface area contributed by atoms with E-state index in [4.69, 9.17) is 5.11 Å². The molecular formula is C15H10F2O2. The second kappa shape index (κ2) is 5.44. The highest BCUT2D eigenvalue weighted by Crippen LogP contribution is 2.26. The van der Waals surface area contributed by atoms with Gasteiger partial charge >= 0.3 is 5.97 Å². The maximum Gasteiger partial charge on any atom is 0.328 e. The zero-order valence-corrected chi connectivity index (χ0v) is 9.81. The minimum atomic E-state index is -1.09. The van der Waals surface area contributed by atoms with Gasteiger partial charge in [0.05, 0.1) is 0 Å². The fourth-order valence-electron chi connectivity index (χ4n) is 1.71. The molecule has 0 aliphatic rings. The quantitative estimate of drug-likeness (QED) is 0.854. The third kappa shape index (κ3) is 3.25. The Morgan fingerprint density at radius 3 is 2.26 bits per heavy atom. The van der Waals surface area contributed by atoms with Crippen molar-refractivity contribution >= 4 is 12.0 Å². The summed E-state index contributed by atoms with van der Waals surface area (Å²) < 4.78 is 26.2. The van der Waals surface area contributed by atoms with Crippen LogP contribution in [0.5, 0.6) is 0 Å². The zero-order chi connectivity index (χ0) is 13.8. The molecule has 0 unspecified atom stereocenters. The van der Waals surface area contributed by atoms with Crippen LogP contribution in [0.25, 0.3) is 17.2 Å². The van der Waals surface area contributed by atoms with E-state index in [1.54, 1.807) is 0 Å². The van der Waals surface area contributed by atoms with Gasteiger partial charge < -0.3 is 5.11 Å². The predicted molar refractivity (Wildman–Crippen MR) is 68.5 cm³/mol. The van der Waals surface area contributed by atoms with E-state index in [0.29, 0.717) is 16.7 Å². The second-order valence-electron chi connectivity index (χ2n) is 3.91. The lowest BCUT2D eigenvalue weighted by atomic mass is 9.99. The van der Waals surface area contributed by atoms with E-state index in [2.05, 4.69) is 0 Å². The van der Waals surface area contributed by atoms with E-state index < -0.39 is 11.8 Å². The van der Waals surface area contributed by atoms with Crippen LogP contribution in [0.15, 0.2) is 48.5 Å². The number of benzene rings is 2. The minimum absolute atomic E-state index is 0.386. The fraction of sp³-hybridized carbons (Fsp3) is 0. The van der Waals surface area contributed by atoms with Crippen LogP contribution >= 0.6 is 0 Å². The Morgan fingerprint density at radius 1 is 1.00 bits per heavy atom. The maximum atomic E-state index is 13.3. The summed E-state index contributed by atoms with van der Waals surface area (Å²) in [5.41, 5.74) is 1.68. The normalized spacial score (nSPS) is 10.8. The number of hydrogen-bond acceptors (Lipinski definition) is 1. The number of carbonyl (C=O) groups is 1. The molecule has 0 radical (unpaired) electrons. The molecule has 2 rings (SSSR count). The molecule has 19 heavy (non-hydrogen) atoms. The maximum absolute atomic E-state index is 13.3. The number of carboxylic acids is 1. The van der Waals surface area contributed by atoms with Crippen molar-refractivity contribution in [1.29, 1.82) is 0 Å². The SMILES string of the molecule is O=C(O)C=Cc1ccc(F)cc1-c1ccc(F)cc1. The third-order valence-corrected chi connectivity index (χ3v) is 2.58. The van der Waals surface area contributed by atoms with Gasteiger partial charge in [0.1, 0.15) is 11.6 Å². The van der Waals surface area contributed by atoms with Gasteiger partial charge in [-0.2, -0.15) is 0 Å². The number of hydrogen-bond donors (Lipinski definition) is 1. The Kier molecular flexibility index (Phi) is 3.71. The van der Waals surface area contributed by atoms with Gasteiger partial charge in [0.25, 0.3) is 0 Å². The van der Waals surface area contributed by atoms with Crippen LogP contribution in [0.2, 0.25) is 0 Å². The Labute approximate surface area is 108 Å². The van der Waals surface area contributed by atoms with Gasteiger partial charge in [0.15, 0.2) is 0 Å². The largest absolute Gasteiger partial charge is 0.478 e. The Hall–Kier alpha value is -2.49. The van der Waals surface area contributed by atoms with Crippen LogP contribution in [0, 0.1) is 11.6 Å². The lowest BCUT2D eigenvalue weighted by Gasteiger charge is -2.06. The van der Waals surface area contributed by atoms with E-state index in [1.165, 1.54) is 48.5 Å². The molecular weight excluding hydrogens is 250 g/mol. The first kappa shape index (κ1) is 13.0. The average Bonchev–Trinajstić information content (AvgIpc) is 2.38. The van der Waals surface area contributed by atoms with E-state index in [9.17, 15) is 13.6 Å². The van der Waals surface area contributed by atoms with Crippen molar-refractivity contribution in [3.05, 3.63) is 65.7 Å². The molecule has 0 atom stereocenters. The molecule has 1 N–H and O–H groups in total. The van der Waals surface area contributed by atoms with E-state index in [0.717, 1.165) is 6.08 Å².